The Morgan fingerprint density at radius 3 is 2.88 bits per heavy atom. The van der Waals surface area contributed by atoms with Crippen LogP contribution in [-0.4, -0.2) is 23.1 Å². The normalized spacial score (nSPS) is 10.2. The number of nitrogens with one attached hydrogen (secondary N) is 2. The number of methoxy groups -OCH3 is 1. The van der Waals surface area contributed by atoms with Crippen molar-refractivity contribution in [2.75, 3.05) is 17.7 Å². The first-order chi connectivity index (χ1) is 11.7. The quantitative estimate of drug-likeness (QED) is 0.750. The monoisotopic (exact) mass is 344 g/mol. The van der Waals surface area contributed by atoms with E-state index >= 15 is 0 Å². The maximum absolute atomic E-state index is 13.6. The highest BCUT2D eigenvalue weighted by Gasteiger charge is 2.10. The van der Waals surface area contributed by atoms with E-state index in [1.807, 2.05) is 17.5 Å². The van der Waals surface area contributed by atoms with E-state index in [0.29, 0.717) is 10.8 Å². The van der Waals surface area contributed by atoms with Gasteiger partial charge in [-0.05, 0) is 24.3 Å². The van der Waals surface area contributed by atoms with Crippen LogP contribution in [-0.2, 0) is 0 Å². The van der Waals surface area contributed by atoms with E-state index in [-0.39, 0.29) is 5.75 Å². The van der Waals surface area contributed by atoms with Crippen molar-refractivity contribution in [3.63, 3.8) is 0 Å². The van der Waals surface area contributed by atoms with Crippen molar-refractivity contribution >= 4 is 28.2 Å². The summed E-state index contributed by atoms with van der Waals surface area (Å²) in [6.07, 6.45) is 3.37. The van der Waals surface area contributed by atoms with Gasteiger partial charge >= 0.3 is 6.03 Å². The molecule has 8 heteroatoms. The number of amides is 2. The number of nitrogens with zero attached hydrogens (tertiary/aromatic N) is 2. The lowest BCUT2D eigenvalue weighted by Gasteiger charge is -2.07. The van der Waals surface area contributed by atoms with Crippen molar-refractivity contribution in [2.45, 2.75) is 0 Å². The molecule has 0 aliphatic heterocycles. The third-order valence-corrected chi connectivity index (χ3v) is 3.85. The summed E-state index contributed by atoms with van der Waals surface area (Å²) in [5, 5.41) is 7.40. The molecule has 3 aromatic rings. The van der Waals surface area contributed by atoms with Gasteiger partial charge in [0.25, 0.3) is 0 Å². The molecule has 0 aliphatic rings. The van der Waals surface area contributed by atoms with E-state index in [9.17, 15) is 9.18 Å². The molecule has 3 rings (SSSR count). The molecule has 0 saturated carbocycles. The molecule has 0 spiro atoms. The minimum atomic E-state index is -0.552. The number of anilines is 2. The van der Waals surface area contributed by atoms with Crippen molar-refractivity contribution in [1.29, 1.82) is 0 Å². The van der Waals surface area contributed by atoms with Gasteiger partial charge < -0.3 is 10.1 Å². The summed E-state index contributed by atoms with van der Waals surface area (Å²) in [6, 6.07) is 7.35. The predicted molar refractivity (Wildman–Crippen MR) is 90.9 cm³/mol. The molecule has 0 aliphatic carbocycles. The van der Waals surface area contributed by atoms with Crippen LogP contribution >= 0.6 is 11.3 Å². The second kappa shape index (κ2) is 7.05. The van der Waals surface area contributed by atoms with Gasteiger partial charge in [-0.25, -0.2) is 14.2 Å². The Morgan fingerprint density at radius 2 is 2.17 bits per heavy atom. The first kappa shape index (κ1) is 15.9. The highest BCUT2D eigenvalue weighted by atomic mass is 32.1. The SMILES string of the molecule is COc1ccc(NC(=O)Nc2nc(-c3cccnc3)cs2)cc1F. The lowest BCUT2D eigenvalue weighted by atomic mass is 10.2. The molecule has 0 radical (unpaired) electrons. The number of hydrogen-bond donors (Lipinski definition) is 2. The summed E-state index contributed by atoms with van der Waals surface area (Å²) in [4.78, 5) is 20.3. The number of benzene rings is 1. The van der Waals surface area contributed by atoms with E-state index in [0.717, 1.165) is 11.3 Å². The maximum Gasteiger partial charge on any atom is 0.325 e. The molecule has 0 unspecified atom stereocenters. The number of ether oxygens (including phenoxy) is 1. The van der Waals surface area contributed by atoms with Crippen LogP contribution in [0.4, 0.5) is 20.0 Å². The minimum absolute atomic E-state index is 0.113. The van der Waals surface area contributed by atoms with Crippen molar-refractivity contribution in [3.8, 4) is 17.0 Å². The van der Waals surface area contributed by atoms with Crippen LogP contribution in [0.3, 0.4) is 0 Å². The van der Waals surface area contributed by atoms with Gasteiger partial charge in [0.05, 0.1) is 12.8 Å². The van der Waals surface area contributed by atoms with E-state index in [1.54, 1.807) is 18.5 Å². The number of aromatic nitrogens is 2. The number of carbonyl (C=O) groups is 1. The van der Waals surface area contributed by atoms with Crippen LogP contribution < -0.4 is 15.4 Å². The summed E-state index contributed by atoms with van der Waals surface area (Å²) in [7, 11) is 1.38. The molecular formula is C16H13FN4O2S. The average Bonchev–Trinajstić information content (AvgIpc) is 3.04. The van der Waals surface area contributed by atoms with Gasteiger partial charge in [-0.3, -0.25) is 10.3 Å². The van der Waals surface area contributed by atoms with E-state index in [2.05, 4.69) is 20.6 Å². The van der Waals surface area contributed by atoms with Crippen LogP contribution in [0.25, 0.3) is 11.3 Å². The van der Waals surface area contributed by atoms with Crippen LogP contribution in [0.2, 0.25) is 0 Å². The topological polar surface area (TPSA) is 76.1 Å². The van der Waals surface area contributed by atoms with Crippen molar-refractivity contribution in [3.05, 3.63) is 53.9 Å². The van der Waals surface area contributed by atoms with Crippen LogP contribution in [0.5, 0.6) is 5.75 Å². The van der Waals surface area contributed by atoms with Gasteiger partial charge in [-0.1, -0.05) is 0 Å². The molecule has 0 saturated heterocycles. The van der Waals surface area contributed by atoms with Crippen molar-refractivity contribution in [2.24, 2.45) is 0 Å². The largest absolute Gasteiger partial charge is 0.494 e. The molecule has 2 N–H and O–H groups in total. The van der Waals surface area contributed by atoms with Crippen molar-refractivity contribution in [1.82, 2.24) is 9.97 Å². The smallest absolute Gasteiger partial charge is 0.325 e. The van der Waals surface area contributed by atoms with Crippen LogP contribution in [0.15, 0.2) is 48.1 Å². The molecular weight excluding hydrogens is 331 g/mol. The lowest BCUT2D eigenvalue weighted by molar-refractivity contribution is 0.262. The molecule has 1 aromatic carbocycles. The molecule has 6 nitrogen and oxygen atoms in total. The van der Waals surface area contributed by atoms with E-state index < -0.39 is 11.8 Å². The third-order valence-electron chi connectivity index (χ3n) is 3.09. The molecule has 2 amide bonds. The van der Waals surface area contributed by atoms with Gasteiger partial charge in [-0.2, -0.15) is 0 Å². The number of hydrogen-bond acceptors (Lipinski definition) is 5. The van der Waals surface area contributed by atoms with Crippen LogP contribution in [0, 0.1) is 5.82 Å². The number of halogens is 1. The van der Waals surface area contributed by atoms with Gasteiger partial charge in [0.1, 0.15) is 0 Å². The number of urea groups is 1. The first-order valence-electron chi connectivity index (χ1n) is 6.93. The zero-order chi connectivity index (χ0) is 16.9. The Morgan fingerprint density at radius 1 is 1.29 bits per heavy atom. The Kier molecular flexibility index (Phi) is 4.66. The fraction of sp³-hybridized carbons (Fsp3) is 0.0625. The Bertz CT molecular complexity index is 854. The highest BCUT2D eigenvalue weighted by Crippen LogP contribution is 2.24. The van der Waals surface area contributed by atoms with E-state index in [1.165, 1.54) is 30.6 Å². The van der Waals surface area contributed by atoms with Crippen molar-refractivity contribution < 1.29 is 13.9 Å². The number of pyridine rings is 1. The zero-order valence-electron chi connectivity index (χ0n) is 12.6. The lowest BCUT2D eigenvalue weighted by Crippen LogP contribution is -2.19. The summed E-state index contributed by atoms with van der Waals surface area (Å²) in [6.45, 7) is 0. The third kappa shape index (κ3) is 3.66. The van der Waals surface area contributed by atoms with Gasteiger partial charge in [-0.15, -0.1) is 11.3 Å². The summed E-state index contributed by atoms with van der Waals surface area (Å²) >= 11 is 1.29. The molecule has 0 fully saturated rings. The molecule has 2 heterocycles. The van der Waals surface area contributed by atoms with E-state index in [4.69, 9.17) is 4.74 Å². The molecule has 2 aromatic heterocycles. The Labute approximate surface area is 141 Å². The van der Waals surface area contributed by atoms with Gasteiger partial charge in [0.15, 0.2) is 16.7 Å². The number of carbonyl (C=O) groups excluding carboxylic acids is 1. The van der Waals surface area contributed by atoms with Gasteiger partial charge in [0, 0.05) is 35.1 Å². The Balaban J connectivity index is 1.65. The number of rotatable bonds is 4. The minimum Gasteiger partial charge on any atom is -0.494 e. The predicted octanol–water partition coefficient (Wildman–Crippen LogP) is 4.00. The van der Waals surface area contributed by atoms with Gasteiger partial charge in [0.2, 0.25) is 0 Å². The summed E-state index contributed by atoms with van der Waals surface area (Å²) < 4.78 is 18.4. The Hall–Kier alpha value is -3.00. The molecule has 122 valence electrons. The fourth-order valence-electron chi connectivity index (χ4n) is 1.98. The summed E-state index contributed by atoms with van der Waals surface area (Å²) in [5.41, 5.74) is 1.90. The molecule has 0 bridgehead atoms. The summed E-state index contributed by atoms with van der Waals surface area (Å²) in [5.74, 6) is -0.439. The second-order valence-corrected chi connectivity index (χ2v) is 5.57. The number of thiazole rings is 1. The second-order valence-electron chi connectivity index (χ2n) is 4.71. The standard InChI is InChI=1S/C16H13FN4O2S/c1-23-14-5-4-11(7-12(14)17)19-15(22)21-16-20-13(9-24-16)10-3-2-6-18-8-10/h2-9H,1H3,(H2,19,20,21,22). The van der Waals surface area contributed by atoms with Crippen LogP contribution in [0.1, 0.15) is 0 Å². The molecule has 0 atom stereocenters. The fourth-order valence-corrected chi connectivity index (χ4v) is 2.70. The zero-order valence-corrected chi connectivity index (χ0v) is 13.4. The maximum atomic E-state index is 13.6. The molecule has 24 heavy (non-hydrogen) atoms. The average molecular weight is 344 g/mol. The highest BCUT2D eigenvalue weighted by molar-refractivity contribution is 7.14. The first-order valence-corrected chi connectivity index (χ1v) is 7.81.